The van der Waals surface area contributed by atoms with E-state index in [1.807, 2.05) is 35.2 Å². The van der Waals surface area contributed by atoms with Crippen LogP contribution in [0.2, 0.25) is 0 Å². The molecule has 0 unspecified atom stereocenters. The zero-order valence-corrected chi connectivity index (χ0v) is 19.7. The van der Waals surface area contributed by atoms with Gasteiger partial charge in [-0.3, -0.25) is 4.79 Å². The first-order chi connectivity index (χ1) is 16.3. The fraction of sp³-hybridized carbons (Fsp3) is 0.652. The van der Waals surface area contributed by atoms with Gasteiger partial charge in [0.2, 0.25) is 5.91 Å². The van der Waals surface area contributed by atoms with E-state index in [9.17, 15) is 9.59 Å². The number of alkyl carbamates (subject to hydrolysis) is 1. The van der Waals surface area contributed by atoms with E-state index in [0.717, 1.165) is 71.0 Å². The molecular weight excluding hydrogens is 422 g/mol. The number of rotatable bonds is 5. The standard InChI is InChI=1S/C23H41N7O3/c31-22(6-7-29-23(32)33-20-21-4-2-1-3-5-21)30-18-16-27-14-12-25-10-8-24-9-11-26-13-15-28-17-19-30/h1-5,24-28H,6-20H2,(H,29,32). The van der Waals surface area contributed by atoms with Crippen LogP contribution in [0, 0.1) is 0 Å². The SMILES string of the molecule is O=C(NCCC(=O)N1CCNCCNCCNCCNCCNCC1)OCc1ccccc1. The molecule has 186 valence electrons. The van der Waals surface area contributed by atoms with Crippen molar-refractivity contribution in [2.75, 3.05) is 85.1 Å². The number of amides is 2. The van der Waals surface area contributed by atoms with E-state index < -0.39 is 6.09 Å². The molecule has 0 bridgehead atoms. The van der Waals surface area contributed by atoms with Gasteiger partial charge >= 0.3 is 6.09 Å². The van der Waals surface area contributed by atoms with Crippen molar-refractivity contribution in [1.82, 2.24) is 36.8 Å². The third-order valence-corrected chi connectivity index (χ3v) is 5.20. The number of hydrogen-bond acceptors (Lipinski definition) is 8. The molecule has 1 saturated heterocycles. The van der Waals surface area contributed by atoms with Crippen molar-refractivity contribution in [2.24, 2.45) is 0 Å². The smallest absolute Gasteiger partial charge is 0.407 e. The Bertz CT molecular complexity index is 630. The van der Waals surface area contributed by atoms with E-state index >= 15 is 0 Å². The largest absolute Gasteiger partial charge is 0.445 e. The number of carbonyl (C=O) groups excluding carboxylic acids is 2. The van der Waals surface area contributed by atoms with Crippen LogP contribution in [0.3, 0.4) is 0 Å². The fourth-order valence-electron chi connectivity index (χ4n) is 3.33. The number of nitrogens with one attached hydrogen (secondary N) is 6. The Morgan fingerprint density at radius 3 is 1.76 bits per heavy atom. The molecule has 33 heavy (non-hydrogen) atoms. The minimum Gasteiger partial charge on any atom is -0.445 e. The molecule has 0 saturated carbocycles. The van der Waals surface area contributed by atoms with Gasteiger partial charge in [-0.1, -0.05) is 30.3 Å². The maximum Gasteiger partial charge on any atom is 0.407 e. The summed E-state index contributed by atoms with van der Waals surface area (Å²) in [4.78, 5) is 26.5. The van der Waals surface area contributed by atoms with Crippen molar-refractivity contribution in [1.29, 1.82) is 0 Å². The van der Waals surface area contributed by atoms with Crippen LogP contribution < -0.4 is 31.9 Å². The lowest BCUT2D eigenvalue weighted by Crippen LogP contribution is -2.44. The predicted octanol–water partition coefficient (Wildman–Crippen LogP) is -0.907. The zero-order valence-electron chi connectivity index (χ0n) is 19.7. The van der Waals surface area contributed by atoms with Gasteiger partial charge in [-0.25, -0.2) is 4.79 Å². The molecule has 0 aliphatic carbocycles. The summed E-state index contributed by atoms with van der Waals surface area (Å²) in [5, 5.41) is 19.6. The summed E-state index contributed by atoms with van der Waals surface area (Å²) in [7, 11) is 0. The highest BCUT2D eigenvalue weighted by Crippen LogP contribution is 2.00. The number of carbonyl (C=O) groups is 2. The number of hydrogen-bond donors (Lipinski definition) is 6. The Labute approximate surface area is 197 Å². The first-order valence-corrected chi connectivity index (χ1v) is 12.0. The number of benzene rings is 1. The summed E-state index contributed by atoms with van der Waals surface area (Å²) in [5.74, 6) is 0.0266. The lowest BCUT2D eigenvalue weighted by atomic mass is 10.2. The highest BCUT2D eigenvalue weighted by atomic mass is 16.5. The van der Waals surface area contributed by atoms with Gasteiger partial charge in [-0.05, 0) is 5.56 Å². The van der Waals surface area contributed by atoms with Gasteiger partial charge in [0.25, 0.3) is 0 Å². The Morgan fingerprint density at radius 2 is 1.24 bits per heavy atom. The molecule has 10 heteroatoms. The van der Waals surface area contributed by atoms with E-state index in [4.69, 9.17) is 4.74 Å². The molecule has 1 aromatic carbocycles. The maximum atomic E-state index is 12.7. The molecule has 0 spiro atoms. The lowest BCUT2D eigenvalue weighted by molar-refractivity contribution is -0.131. The van der Waals surface area contributed by atoms with Gasteiger partial charge in [0.1, 0.15) is 6.61 Å². The van der Waals surface area contributed by atoms with Crippen molar-refractivity contribution < 1.29 is 14.3 Å². The topological polar surface area (TPSA) is 119 Å². The first-order valence-electron chi connectivity index (χ1n) is 12.0. The normalized spacial score (nSPS) is 18.0. The molecular formula is C23H41N7O3. The van der Waals surface area contributed by atoms with E-state index in [1.54, 1.807) is 0 Å². The van der Waals surface area contributed by atoms with E-state index in [1.165, 1.54) is 0 Å². The molecule has 1 aliphatic rings. The second-order valence-corrected chi connectivity index (χ2v) is 7.87. The van der Waals surface area contributed by atoms with Crippen LogP contribution in [0.25, 0.3) is 0 Å². The quantitative estimate of drug-likeness (QED) is 0.332. The molecule has 1 aromatic rings. The van der Waals surface area contributed by atoms with Crippen LogP contribution in [-0.4, -0.2) is 102 Å². The summed E-state index contributed by atoms with van der Waals surface area (Å²) < 4.78 is 5.20. The molecule has 1 aliphatic heterocycles. The van der Waals surface area contributed by atoms with Crippen LogP contribution >= 0.6 is 0 Å². The molecule has 2 rings (SSSR count). The Kier molecular flexibility index (Phi) is 14.9. The van der Waals surface area contributed by atoms with Crippen LogP contribution in [0.4, 0.5) is 4.79 Å². The van der Waals surface area contributed by atoms with Gasteiger partial charge in [0.05, 0.1) is 0 Å². The first kappa shape index (κ1) is 27.0. The van der Waals surface area contributed by atoms with Gasteiger partial charge < -0.3 is 41.5 Å². The van der Waals surface area contributed by atoms with Crippen molar-refractivity contribution >= 4 is 12.0 Å². The minimum absolute atomic E-state index is 0.0266. The van der Waals surface area contributed by atoms with Crippen molar-refractivity contribution in [3.05, 3.63) is 35.9 Å². The highest BCUT2D eigenvalue weighted by molar-refractivity contribution is 5.77. The van der Waals surface area contributed by atoms with Crippen LogP contribution in [0.5, 0.6) is 0 Å². The van der Waals surface area contributed by atoms with Crippen molar-refractivity contribution in [2.45, 2.75) is 13.0 Å². The Balaban J connectivity index is 1.67. The van der Waals surface area contributed by atoms with Gasteiger partial charge in [-0.2, -0.15) is 0 Å². The number of ether oxygens (including phenoxy) is 1. The molecule has 1 heterocycles. The third-order valence-electron chi connectivity index (χ3n) is 5.20. The van der Waals surface area contributed by atoms with E-state index in [2.05, 4.69) is 31.9 Å². The highest BCUT2D eigenvalue weighted by Gasteiger charge is 2.13. The summed E-state index contributed by atoms with van der Waals surface area (Å²) in [6.45, 7) is 10.5. The van der Waals surface area contributed by atoms with Crippen molar-refractivity contribution in [3.63, 3.8) is 0 Å². The predicted molar refractivity (Wildman–Crippen MR) is 130 cm³/mol. The minimum atomic E-state index is -0.509. The van der Waals surface area contributed by atoms with E-state index in [-0.39, 0.29) is 25.5 Å². The second kappa shape index (κ2) is 18.2. The zero-order chi connectivity index (χ0) is 23.4. The van der Waals surface area contributed by atoms with Crippen molar-refractivity contribution in [3.8, 4) is 0 Å². The summed E-state index contributed by atoms with van der Waals surface area (Å²) >= 11 is 0. The molecule has 0 radical (unpaired) electrons. The Hall–Kier alpha value is -2.24. The van der Waals surface area contributed by atoms with Gasteiger partial charge in [-0.15, -0.1) is 0 Å². The number of nitrogens with zero attached hydrogens (tertiary/aromatic N) is 1. The average Bonchev–Trinajstić information content (AvgIpc) is 2.83. The molecule has 2 amide bonds. The average molecular weight is 464 g/mol. The van der Waals surface area contributed by atoms with Gasteiger partial charge in [0, 0.05) is 91.5 Å². The molecule has 1 fully saturated rings. The van der Waals surface area contributed by atoms with Crippen LogP contribution in [0.15, 0.2) is 30.3 Å². The summed E-state index contributed by atoms with van der Waals surface area (Å²) in [6.07, 6.45) is -0.263. The fourth-order valence-corrected chi connectivity index (χ4v) is 3.33. The molecule has 10 nitrogen and oxygen atoms in total. The molecule has 0 atom stereocenters. The molecule has 6 N–H and O–H groups in total. The summed E-state index contributed by atoms with van der Waals surface area (Å²) in [5.41, 5.74) is 0.925. The summed E-state index contributed by atoms with van der Waals surface area (Å²) in [6, 6.07) is 9.51. The van der Waals surface area contributed by atoms with Crippen LogP contribution in [-0.2, 0) is 16.1 Å². The lowest BCUT2D eigenvalue weighted by Gasteiger charge is -2.23. The molecule has 0 aromatic heterocycles. The maximum absolute atomic E-state index is 12.7. The Morgan fingerprint density at radius 1 is 0.758 bits per heavy atom. The monoisotopic (exact) mass is 463 g/mol. The van der Waals surface area contributed by atoms with Crippen LogP contribution in [0.1, 0.15) is 12.0 Å². The van der Waals surface area contributed by atoms with Gasteiger partial charge in [0.15, 0.2) is 0 Å². The second-order valence-electron chi connectivity index (χ2n) is 7.87. The third kappa shape index (κ3) is 13.8. The van der Waals surface area contributed by atoms with E-state index in [0.29, 0.717) is 13.1 Å².